The van der Waals surface area contributed by atoms with Gasteiger partial charge in [0.25, 0.3) is 0 Å². The van der Waals surface area contributed by atoms with Crippen molar-refractivity contribution >= 4 is 0 Å². The molecule has 4 nitrogen and oxygen atoms in total. The molecule has 2 aromatic rings. The largest absolute Gasteiger partial charge is 0.389 e. The third-order valence-corrected chi connectivity index (χ3v) is 3.05. The van der Waals surface area contributed by atoms with Gasteiger partial charge < -0.3 is 5.32 Å². The van der Waals surface area contributed by atoms with Crippen molar-refractivity contribution in [2.75, 3.05) is 6.54 Å². The molecule has 21 heavy (non-hydrogen) atoms. The van der Waals surface area contributed by atoms with Crippen molar-refractivity contribution in [3.8, 4) is 11.3 Å². The predicted molar refractivity (Wildman–Crippen MR) is 73.4 cm³/mol. The topological polar surface area (TPSA) is 53.6 Å². The van der Waals surface area contributed by atoms with Crippen molar-refractivity contribution in [3.63, 3.8) is 0 Å². The molecule has 0 amide bonds. The number of aromatic amines is 1. The second-order valence-corrected chi connectivity index (χ2v) is 4.76. The maximum atomic E-state index is 12.0. The van der Waals surface area contributed by atoms with Crippen molar-refractivity contribution in [1.82, 2.24) is 20.5 Å². The molecule has 0 aliphatic heterocycles. The van der Waals surface area contributed by atoms with Gasteiger partial charge in [0, 0.05) is 36.5 Å². The number of halogens is 3. The first kappa shape index (κ1) is 15.5. The first-order valence-electron chi connectivity index (χ1n) is 6.76. The van der Waals surface area contributed by atoms with Crippen LogP contribution >= 0.6 is 0 Å². The first-order valence-corrected chi connectivity index (χ1v) is 6.76. The monoisotopic (exact) mass is 298 g/mol. The Morgan fingerprint density at radius 3 is 2.76 bits per heavy atom. The number of aromatic nitrogens is 3. The van der Waals surface area contributed by atoms with Gasteiger partial charge in [-0.3, -0.25) is 10.1 Å². The number of unbranched alkanes of at least 4 members (excludes halogenated alkanes) is 1. The van der Waals surface area contributed by atoms with Crippen LogP contribution in [0.25, 0.3) is 11.3 Å². The Morgan fingerprint density at radius 1 is 1.19 bits per heavy atom. The minimum Gasteiger partial charge on any atom is -0.313 e. The quantitative estimate of drug-likeness (QED) is 0.771. The normalized spacial score (nSPS) is 11.8. The van der Waals surface area contributed by atoms with E-state index in [1.807, 2.05) is 12.1 Å². The highest BCUT2D eigenvalue weighted by atomic mass is 19.4. The lowest BCUT2D eigenvalue weighted by molar-refractivity contribution is -0.135. The lowest BCUT2D eigenvalue weighted by atomic mass is 10.1. The molecule has 7 heteroatoms. The van der Waals surface area contributed by atoms with E-state index in [1.165, 1.54) is 0 Å². The summed E-state index contributed by atoms with van der Waals surface area (Å²) in [5, 5.41) is 10.1. The van der Waals surface area contributed by atoms with Crippen molar-refractivity contribution in [3.05, 3.63) is 36.3 Å². The standard InChI is InChI=1S/C14H17F3N4/c15-14(16,17)5-1-2-6-18-9-12-10-20-21-13(12)11-4-3-7-19-8-11/h3-4,7-8,10,18H,1-2,5-6,9H2,(H,20,21). The van der Waals surface area contributed by atoms with Crippen LogP contribution in [-0.4, -0.2) is 27.9 Å². The summed E-state index contributed by atoms with van der Waals surface area (Å²) >= 11 is 0. The molecule has 0 aliphatic rings. The van der Waals surface area contributed by atoms with E-state index >= 15 is 0 Å². The van der Waals surface area contributed by atoms with Gasteiger partial charge in [-0.15, -0.1) is 0 Å². The van der Waals surface area contributed by atoms with Crippen LogP contribution in [0.2, 0.25) is 0 Å². The Balaban J connectivity index is 1.76. The van der Waals surface area contributed by atoms with Crippen LogP contribution in [0.3, 0.4) is 0 Å². The molecule has 2 heterocycles. The molecular weight excluding hydrogens is 281 g/mol. The van der Waals surface area contributed by atoms with E-state index in [4.69, 9.17) is 0 Å². The van der Waals surface area contributed by atoms with Crippen molar-refractivity contribution in [2.45, 2.75) is 32.0 Å². The van der Waals surface area contributed by atoms with E-state index in [0.717, 1.165) is 16.8 Å². The number of nitrogens with one attached hydrogen (secondary N) is 2. The Bertz CT molecular complexity index is 537. The SMILES string of the molecule is FC(F)(F)CCCCNCc1cn[nH]c1-c1cccnc1. The summed E-state index contributed by atoms with van der Waals surface area (Å²) < 4.78 is 36.0. The molecule has 0 unspecified atom stereocenters. The van der Waals surface area contributed by atoms with Crippen LogP contribution in [0, 0.1) is 0 Å². The molecule has 0 aliphatic carbocycles. The molecule has 0 bridgehead atoms. The number of H-pyrrole nitrogens is 1. The van der Waals surface area contributed by atoms with Gasteiger partial charge in [0.1, 0.15) is 0 Å². The van der Waals surface area contributed by atoms with E-state index in [1.54, 1.807) is 18.6 Å². The predicted octanol–water partition coefficient (Wildman–Crippen LogP) is 3.29. The fourth-order valence-corrected chi connectivity index (χ4v) is 2.00. The first-order chi connectivity index (χ1) is 10.1. The van der Waals surface area contributed by atoms with Crippen LogP contribution in [0.1, 0.15) is 24.8 Å². The third kappa shape index (κ3) is 5.18. The summed E-state index contributed by atoms with van der Waals surface area (Å²) in [5.41, 5.74) is 2.79. The Hall–Kier alpha value is -1.89. The number of hydrogen-bond acceptors (Lipinski definition) is 3. The van der Waals surface area contributed by atoms with Gasteiger partial charge in [0.05, 0.1) is 11.9 Å². The number of hydrogen-bond donors (Lipinski definition) is 2. The zero-order valence-corrected chi connectivity index (χ0v) is 11.5. The average molecular weight is 298 g/mol. The van der Waals surface area contributed by atoms with E-state index in [-0.39, 0.29) is 6.42 Å². The average Bonchev–Trinajstić information content (AvgIpc) is 2.91. The molecule has 0 aromatic carbocycles. The van der Waals surface area contributed by atoms with E-state index in [9.17, 15) is 13.2 Å². The fraction of sp³-hybridized carbons (Fsp3) is 0.429. The molecule has 0 fully saturated rings. The summed E-state index contributed by atoms with van der Waals surface area (Å²) in [6.07, 6.45) is 1.01. The molecule has 0 saturated heterocycles. The van der Waals surface area contributed by atoms with Crippen LogP contribution in [0.5, 0.6) is 0 Å². The fourth-order valence-electron chi connectivity index (χ4n) is 2.00. The number of rotatable bonds is 7. The van der Waals surface area contributed by atoms with E-state index < -0.39 is 12.6 Å². The molecule has 0 radical (unpaired) electrons. The molecule has 2 rings (SSSR count). The zero-order valence-electron chi connectivity index (χ0n) is 11.5. The highest BCUT2D eigenvalue weighted by Gasteiger charge is 2.25. The Labute approximate surface area is 120 Å². The van der Waals surface area contributed by atoms with Crippen LogP contribution < -0.4 is 5.32 Å². The smallest absolute Gasteiger partial charge is 0.313 e. The van der Waals surface area contributed by atoms with Crippen LogP contribution in [0.4, 0.5) is 13.2 Å². The molecule has 2 N–H and O–H groups in total. The van der Waals surface area contributed by atoms with Gasteiger partial charge >= 0.3 is 6.18 Å². The maximum Gasteiger partial charge on any atom is 0.389 e. The minimum atomic E-state index is -4.06. The van der Waals surface area contributed by atoms with Gasteiger partial charge in [-0.2, -0.15) is 18.3 Å². The lowest BCUT2D eigenvalue weighted by Crippen LogP contribution is -2.16. The van der Waals surface area contributed by atoms with Gasteiger partial charge in [-0.25, -0.2) is 0 Å². The van der Waals surface area contributed by atoms with Gasteiger partial charge in [-0.05, 0) is 31.5 Å². The zero-order chi connectivity index (χ0) is 15.1. The van der Waals surface area contributed by atoms with Gasteiger partial charge in [-0.1, -0.05) is 0 Å². The summed E-state index contributed by atoms with van der Waals surface area (Å²) in [4.78, 5) is 4.05. The molecule has 114 valence electrons. The highest BCUT2D eigenvalue weighted by molar-refractivity contribution is 5.61. The summed E-state index contributed by atoms with van der Waals surface area (Å²) in [5.74, 6) is 0. The van der Waals surface area contributed by atoms with Crippen molar-refractivity contribution < 1.29 is 13.2 Å². The molecule has 2 aromatic heterocycles. The Morgan fingerprint density at radius 2 is 2.05 bits per heavy atom. The number of alkyl halides is 3. The number of pyridine rings is 1. The molecular formula is C14H17F3N4. The summed E-state index contributed by atoms with van der Waals surface area (Å²) in [6.45, 7) is 1.11. The highest BCUT2D eigenvalue weighted by Crippen LogP contribution is 2.22. The van der Waals surface area contributed by atoms with E-state index in [2.05, 4.69) is 20.5 Å². The maximum absolute atomic E-state index is 12.0. The lowest BCUT2D eigenvalue weighted by Gasteiger charge is -2.07. The van der Waals surface area contributed by atoms with Crippen LogP contribution in [-0.2, 0) is 6.54 Å². The molecule has 0 atom stereocenters. The van der Waals surface area contributed by atoms with Crippen molar-refractivity contribution in [1.29, 1.82) is 0 Å². The molecule has 0 saturated carbocycles. The third-order valence-electron chi connectivity index (χ3n) is 3.05. The minimum absolute atomic E-state index is 0.150. The van der Waals surface area contributed by atoms with Gasteiger partial charge in [0.15, 0.2) is 0 Å². The van der Waals surface area contributed by atoms with Gasteiger partial charge in [0.2, 0.25) is 0 Å². The summed E-state index contributed by atoms with van der Waals surface area (Å²) in [6, 6.07) is 3.76. The van der Waals surface area contributed by atoms with Crippen molar-refractivity contribution in [2.24, 2.45) is 0 Å². The second kappa shape index (κ2) is 7.21. The molecule has 0 spiro atoms. The second-order valence-electron chi connectivity index (χ2n) is 4.76. The number of nitrogens with zero attached hydrogens (tertiary/aromatic N) is 2. The van der Waals surface area contributed by atoms with Crippen LogP contribution in [0.15, 0.2) is 30.7 Å². The summed E-state index contributed by atoms with van der Waals surface area (Å²) in [7, 11) is 0. The van der Waals surface area contributed by atoms with E-state index in [0.29, 0.717) is 19.5 Å². The Kier molecular flexibility index (Phi) is 5.32.